The van der Waals surface area contributed by atoms with E-state index in [2.05, 4.69) is 4.84 Å². The van der Waals surface area contributed by atoms with Crippen molar-refractivity contribution in [1.82, 2.24) is 9.96 Å². The standard InChI is InChI=1S/C10H14N2O8S/c1-2-11(6-21(17,18)19)9(15)5-10(16)20-12-7(13)3-4-8(12)14/h2-6H2,1H3,(H,17,18,19). The molecule has 1 fully saturated rings. The summed E-state index contributed by atoms with van der Waals surface area (Å²) in [7, 11) is -4.42. The first-order valence-electron chi connectivity index (χ1n) is 5.93. The largest absolute Gasteiger partial charge is 0.342 e. The number of imide groups is 1. The van der Waals surface area contributed by atoms with E-state index in [1.165, 1.54) is 6.92 Å². The van der Waals surface area contributed by atoms with Crippen molar-refractivity contribution in [1.29, 1.82) is 0 Å². The second-order valence-corrected chi connectivity index (χ2v) is 5.60. The number of rotatable bonds is 6. The average molecular weight is 322 g/mol. The van der Waals surface area contributed by atoms with Gasteiger partial charge in [-0.1, -0.05) is 0 Å². The minimum Gasteiger partial charge on any atom is -0.330 e. The lowest BCUT2D eigenvalue weighted by Gasteiger charge is -2.19. The molecular weight excluding hydrogens is 308 g/mol. The quantitative estimate of drug-likeness (QED) is 0.361. The zero-order valence-electron chi connectivity index (χ0n) is 11.1. The molecule has 0 saturated carbocycles. The molecule has 1 aliphatic heterocycles. The van der Waals surface area contributed by atoms with E-state index in [0.717, 1.165) is 0 Å². The van der Waals surface area contributed by atoms with Crippen molar-refractivity contribution in [2.24, 2.45) is 0 Å². The normalized spacial score (nSPS) is 15.2. The molecule has 0 aromatic carbocycles. The van der Waals surface area contributed by atoms with E-state index in [-0.39, 0.29) is 24.4 Å². The molecule has 0 aromatic rings. The number of nitrogens with zero attached hydrogens (tertiary/aromatic N) is 2. The summed E-state index contributed by atoms with van der Waals surface area (Å²) >= 11 is 0. The minimum absolute atomic E-state index is 0.0620. The number of carbonyl (C=O) groups is 4. The van der Waals surface area contributed by atoms with Gasteiger partial charge in [-0.15, -0.1) is 5.06 Å². The minimum atomic E-state index is -4.42. The number of amides is 3. The molecule has 0 atom stereocenters. The highest BCUT2D eigenvalue weighted by Crippen LogP contribution is 2.13. The lowest BCUT2D eigenvalue weighted by molar-refractivity contribution is -0.198. The maximum atomic E-state index is 11.7. The molecule has 10 nitrogen and oxygen atoms in total. The SMILES string of the molecule is CCN(CS(=O)(=O)O)C(=O)CC(=O)ON1C(=O)CCC1=O. The third kappa shape index (κ3) is 5.11. The van der Waals surface area contributed by atoms with Gasteiger partial charge in [-0.25, -0.2) is 4.79 Å². The summed E-state index contributed by atoms with van der Waals surface area (Å²) in [6.45, 7) is 1.38. The molecule has 1 rings (SSSR count). The number of carbonyl (C=O) groups excluding carboxylic acids is 4. The first kappa shape index (κ1) is 17.0. The molecule has 1 aliphatic rings. The van der Waals surface area contributed by atoms with Crippen LogP contribution in [0.4, 0.5) is 0 Å². The monoisotopic (exact) mass is 322 g/mol. The van der Waals surface area contributed by atoms with Crippen LogP contribution in [0, 0.1) is 0 Å². The zero-order chi connectivity index (χ0) is 16.2. The van der Waals surface area contributed by atoms with Gasteiger partial charge in [0.15, 0.2) is 0 Å². The molecule has 118 valence electrons. The van der Waals surface area contributed by atoms with Crippen LogP contribution in [0.5, 0.6) is 0 Å². The second kappa shape index (κ2) is 6.63. The molecule has 11 heteroatoms. The molecule has 21 heavy (non-hydrogen) atoms. The molecule has 0 radical (unpaired) electrons. The van der Waals surface area contributed by atoms with Crippen molar-refractivity contribution in [2.45, 2.75) is 26.2 Å². The van der Waals surface area contributed by atoms with E-state index in [4.69, 9.17) is 4.55 Å². The van der Waals surface area contributed by atoms with Gasteiger partial charge in [0.25, 0.3) is 21.9 Å². The lowest BCUT2D eigenvalue weighted by Crippen LogP contribution is -2.38. The van der Waals surface area contributed by atoms with Crippen LogP contribution in [0.15, 0.2) is 0 Å². The zero-order valence-corrected chi connectivity index (χ0v) is 12.0. The van der Waals surface area contributed by atoms with Gasteiger partial charge in [0, 0.05) is 19.4 Å². The van der Waals surface area contributed by atoms with Crippen LogP contribution in [0.25, 0.3) is 0 Å². The van der Waals surface area contributed by atoms with Crippen LogP contribution in [-0.4, -0.2) is 59.0 Å². The second-order valence-electron chi connectivity index (χ2n) is 4.18. The topological polar surface area (TPSA) is 138 Å². The van der Waals surface area contributed by atoms with Crippen molar-refractivity contribution in [3.63, 3.8) is 0 Å². The van der Waals surface area contributed by atoms with Gasteiger partial charge in [0.05, 0.1) is 0 Å². The van der Waals surface area contributed by atoms with Crippen molar-refractivity contribution < 1.29 is 37.0 Å². The Bertz CT molecular complexity index is 554. The third-order valence-electron chi connectivity index (χ3n) is 2.55. The predicted octanol–water partition coefficient (Wildman–Crippen LogP) is -1.32. The highest BCUT2D eigenvalue weighted by atomic mass is 32.2. The van der Waals surface area contributed by atoms with E-state index in [0.29, 0.717) is 4.90 Å². The molecule has 0 spiro atoms. The fourth-order valence-corrected chi connectivity index (χ4v) is 2.28. The maximum Gasteiger partial charge on any atom is 0.342 e. The van der Waals surface area contributed by atoms with Gasteiger partial charge in [0.1, 0.15) is 12.3 Å². The van der Waals surface area contributed by atoms with Crippen LogP contribution in [0.3, 0.4) is 0 Å². The number of hydrogen-bond acceptors (Lipinski definition) is 7. The molecule has 0 aromatic heterocycles. The first-order valence-corrected chi connectivity index (χ1v) is 7.54. The van der Waals surface area contributed by atoms with Gasteiger partial charge in [0.2, 0.25) is 5.91 Å². The van der Waals surface area contributed by atoms with Crippen LogP contribution in [0.1, 0.15) is 26.2 Å². The maximum absolute atomic E-state index is 11.7. The summed E-state index contributed by atoms with van der Waals surface area (Å²) in [6, 6.07) is 0. The fraction of sp³-hybridized carbons (Fsp3) is 0.600. The molecule has 1 N–H and O–H groups in total. The number of hydrogen-bond donors (Lipinski definition) is 1. The lowest BCUT2D eigenvalue weighted by atomic mass is 10.4. The van der Waals surface area contributed by atoms with E-state index in [1.54, 1.807) is 0 Å². The summed E-state index contributed by atoms with van der Waals surface area (Å²) in [5, 5.41) is 0.286. The van der Waals surface area contributed by atoms with Gasteiger partial charge in [-0.2, -0.15) is 8.42 Å². The first-order chi connectivity index (χ1) is 9.64. The van der Waals surface area contributed by atoms with E-state index in [1.807, 2.05) is 0 Å². The Morgan fingerprint density at radius 1 is 1.29 bits per heavy atom. The Hall–Kier alpha value is -2.01. The summed E-state index contributed by atoms with van der Waals surface area (Å²) in [5.74, 6) is -4.43. The Balaban J connectivity index is 2.59. The van der Waals surface area contributed by atoms with Crippen molar-refractivity contribution in [3.8, 4) is 0 Å². The molecule has 0 bridgehead atoms. The number of hydroxylamine groups is 2. The molecule has 3 amide bonds. The van der Waals surface area contributed by atoms with Gasteiger partial charge in [-0.3, -0.25) is 18.9 Å². The van der Waals surface area contributed by atoms with E-state index >= 15 is 0 Å². The fourth-order valence-electron chi connectivity index (χ4n) is 1.56. The third-order valence-corrected chi connectivity index (χ3v) is 3.19. The van der Waals surface area contributed by atoms with Crippen LogP contribution in [-0.2, 0) is 34.1 Å². The molecule has 0 aliphatic carbocycles. The van der Waals surface area contributed by atoms with Crippen molar-refractivity contribution in [2.75, 3.05) is 12.4 Å². The summed E-state index contributed by atoms with van der Waals surface area (Å²) in [5.41, 5.74) is 0. The molecule has 1 heterocycles. The predicted molar refractivity (Wildman–Crippen MR) is 65.6 cm³/mol. The highest BCUT2D eigenvalue weighted by molar-refractivity contribution is 7.85. The Labute approximate surface area is 120 Å². The van der Waals surface area contributed by atoms with Gasteiger partial charge in [-0.05, 0) is 6.92 Å². The van der Waals surface area contributed by atoms with Crippen molar-refractivity contribution in [3.05, 3.63) is 0 Å². The van der Waals surface area contributed by atoms with Crippen molar-refractivity contribution >= 4 is 33.8 Å². The van der Waals surface area contributed by atoms with Crippen LogP contribution in [0.2, 0.25) is 0 Å². The van der Waals surface area contributed by atoms with E-state index in [9.17, 15) is 27.6 Å². The Morgan fingerprint density at radius 2 is 1.81 bits per heavy atom. The van der Waals surface area contributed by atoms with E-state index < -0.39 is 46.1 Å². The van der Waals surface area contributed by atoms with Crippen LogP contribution < -0.4 is 0 Å². The smallest absolute Gasteiger partial charge is 0.330 e. The Morgan fingerprint density at radius 3 is 2.24 bits per heavy atom. The average Bonchev–Trinajstić information content (AvgIpc) is 2.66. The Kier molecular flexibility index (Phi) is 5.38. The summed E-state index contributed by atoms with van der Waals surface area (Å²) in [6.07, 6.45) is -1.02. The molecule has 0 unspecified atom stereocenters. The van der Waals surface area contributed by atoms with Crippen LogP contribution >= 0.6 is 0 Å². The van der Waals surface area contributed by atoms with Gasteiger partial charge < -0.3 is 9.74 Å². The highest BCUT2D eigenvalue weighted by Gasteiger charge is 2.33. The molecule has 1 saturated heterocycles. The molecular formula is C10H14N2O8S. The van der Waals surface area contributed by atoms with Gasteiger partial charge >= 0.3 is 5.97 Å². The summed E-state index contributed by atoms with van der Waals surface area (Å²) < 4.78 is 30.1. The summed E-state index contributed by atoms with van der Waals surface area (Å²) in [4.78, 5) is 50.7.